The lowest BCUT2D eigenvalue weighted by Crippen LogP contribution is -2.42. The molecule has 1 fully saturated rings. The molecule has 35 heavy (non-hydrogen) atoms. The number of carbonyl (C=O) groups excluding carboxylic acids is 2. The van der Waals surface area contributed by atoms with Crippen LogP contribution < -0.4 is 16.4 Å². The largest absolute Gasteiger partial charge is 0.457 e. The summed E-state index contributed by atoms with van der Waals surface area (Å²) in [5.41, 5.74) is 8.58. The molecule has 3 aromatic rings. The van der Waals surface area contributed by atoms with Crippen molar-refractivity contribution in [3.63, 3.8) is 0 Å². The number of amides is 2. The Hall–Kier alpha value is -4.21. The van der Waals surface area contributed by atoms with E-state index in [0.29, 0.717) is 31.9 Å². The monoisotopic (exact) mass is 475 g/mol. The Morgan fingerprint density at radius 1 is 1.03 bits per heavy atom. The molecule has 1 aliphatic rings. The molecule has 182 valence electrons. The van der Waals surface area contributed by atoms with Crippen molar-refractivity contribution in [2.75, 3.05) is 29.5 Å². The summed E-state index contributed by atoms with van der Waals surface area (Å²) >= 11 is 0. The number of aromatic nitrogens is 3. The van der Waals surface area contributed by atoms with Gasteiger partial charge in [0, 0.05) is 24.5 Å². The van der Waals surface area contributed by atoms with E-state index in [9.17, 15) is 9.59 Å². The molecule has 2 heterocycles. The van der Waals surface area contributed by atoms with Crippen molar-refractivity contribution in [3.05, 3.63) is 66.0 Å². The number of carbonyl (C=O) groups is 2. The van der Waals surface area contributed by atoms with E-state index in [1.165, 1.54) is 0 Å². The number of hydrogen-bond donors (Lipinski definition) is 3. The Kier molecular flexibility index (Phi) is 7.71. The number of rotatable bonds is 7. The maximum Gasteiger partial charge on any atom is 0.321 e. The highest BCUT2D eigenvalue weighted by Crippen LogP contribution is 2.21. The summed E-state index contributed by atoms with van der Waals surface area (Å²) in [6, 6.07) is 17.0. The van der Waals surface area contributed by atoms with Gasteiger partial charge in [-0.2, -0.15) is 15.0 Å². The normalized spacial score (nSPS) is 13.8. The third kappa shape index (κ3) is 6.44. The van der Waals surface area contributed by atoms with Crippen LogP contribution in [0.3, 0.4) is 0 Å². The van der Waals surface area contributed by atoms with Crippen LogP contribution in [0.5, 0.6) is 0 Å². The third-order valence-electron chi connectivity index (χ3n) is 5.83. The Balaban J connectivity index is 1.28. The number of aryl methyl sites for hydroxylation is 1. The van der Waals surface area contributed by atoms with Crippen LogP contribution in [0, 0.1) is 5.92 Å². The number of anilines is 4. The van der Waals surface area contributed by atoms with Gasteiger partial charge in [0.15, 0.2) is 12.4 Å². The number of ether oxygens (including phenoxy) is 1. The second-order valence-corrected chi connectivity index (χ2v) is 8.23. The average molecular weight is 476 g/mol. The van der Waals surface area contributed by atoms with E-state index in [1.807, 2.05) is 54.6 Å². The lowest BCUT2D eigenvalue weighted by Gasteiger charge is -2.30. The molecule has 4 N–H and O–H groups in total. The Labute approximate surface area is 203 Å². The lowest BCUT2D eigenvalue weighted by molar-refractivity contribution is -0.151. The Morgan fingerprint density at radius 3 is 2.49 bits per heavy atom. The second-order valence-electron chi connectivity index (χ2n) is 8.23. The predicted molar refractivity (Wildman–Crippen MR) is 133 cm³/mol. The van der Waals surface area contributed by atoms with Crippen molar-refractivity contribution < 1.29 is 14.3 Å². The maximum atomic E-state index is 12.6. The second kappa shape index (κ2) is 11.3. The van der Waals surface area contributed by atoms with Crippen molar-refractivity contribution in [3.8, 4) is 0 Å². The molecule has 0 spiro atoms. The van der Waals surface area contributed by atoms with Crippen LogP contribution >= 0.6 is 0 Å². The van der Waals surface area contributed by atoms with E-state index >= 15 is 0 Å². The molecule has 2 amide bonds. The standard InChI is InChI=1S/C25H29N7O3/c1-2-17-8-6-7-11-20(17)28-24-30-21(29-23(26)31-24)16-35-22(33)18-12-14-32(15-13-18)25(34)27-19-9-4-3-5-10-19/h3-11,18H,2,12-16H2,1H3,(H,27,34)(H3,26,28,29,30,31). The molecule has 1 saturated heterocycles. The zero-order chi connectivity index (χ0) is 24.6. The number of nitrogens with two attached hydrogens (primary N) is 1. The summed E-state index contributed by atoms with van der Waals surface area (Å²) < 4.78 is 5.47. The van der Waals surface area contributed by atoms with Gasteiger partial charge in [-0.05, 0) is 43.0 Å². The van der Waals surface area contributed by atoms with Gasteiger partial charge in [-0.3, -0.25) is 4.79 Å². The summed E-state index contributed by atoms with van der Waals surface area (Å²) in [6.07, 6.45) is 1.91. The van der Waals surface area contributed by atoms with E-state index < -0.39 is 0 Å². The maximum absolute atomic E-state index is 12.6. The first-order valence-electron chi connectivity index (χ1n) is 11.6. The third-order valence-corrected chi connectivity index (χ3v) is 5.83. The van der Waals surface area contributed by atoms with E-state index in [2.05, 4.69) is 32.5 Å². The van der Waals surface area contributed by atoms with Gasteiger partial charge in [0.25, 0.3) is 0 Å². The molecule has 0 radical (unpaired) electrons. The molecular formula is C25H29N7O3. The summed E-state index contributed by atoms with van der Waals surface area (Å²) in [6.45, 7) is 2.90. The summed E-state index contributed by atoms with van der Waals surface area (Å²) in [4.78, 5) is 39.3. The molecule has 0 aliphatic carbocycles. The Bertz CT molecular complexity index is 1160. The van der Waals surface area contributed by atoms with Gasteiger partial charge in [-0.15, -0.1) is 0 Å². The van der Waals surface area contributed by atoms with Crippen molar-refractivity contribution in [1.82, 2.24) is 19.9 Å². The molecule has 10 heteroatoms. The van der Waals surface area contributed by atoms with Gasteiger partial charge < -0.3 is 26.0 Å². The molecule has 1 aliphatic heterocycles. The molecule has 1 aromatic heterocycles. The van der Waals surface area contributed by atoms with Gasteiger partial charge >= 0.3 is 12.0 Å². The number of nitrogens with zero attached hydrogens (tertiary/aromatic N) is 4. The summed E-state index contributed by atoms with van der Waals surface area (Å²) in [5, 5.41) is 6.03. The molecule has 4 rings (SSSR count). The summed E-state index contributed by atoms with van der Waals surface area (Å²) in [5.74, 6) is -0.0219. The van der Waals surface area contributed by atoms with Crippen LogP contribution in [0.15, 0.2) is 54.6 Å². The molecule has 0 unspecified atom stereocenters. The smallest absolute Gasteiger partial charge is 0.321 e. The number of urea groups is 1. The first-order valence-corrected chi connectivity index (χ1v) is 11.6. The summed E-state index contributed by atoms with van der Waals surface area (Å²) in [7, 11) is 0. The lowest BCUT2D eigenvalue weighted by atomic mass is 9.97. The average Bonchev–Trinajstić information content (AvgIpc) is 2.88. The topological polar surface area (TPSA) is 135 Å². The number of nitrogen functional groups attached to an aromatic ring is 1. The van der Waals surface area contributed by atoms with Crippen molar-refractivity contribution in [2.45, 2.75) is 32.8 Å². The highest BCUT2D eigenvalue weighted by molar-refractivity contribution is 5.89. The SMILES string of the molecule is CCc1ccccc1Nc1nc(N)nc(COC(=O)C2CCN(C(=O)Nc3ccccc3)CC2)n1. The van der Waals surface area contributed by atoms with Crippen LogP contribution in [0.4, 0.5) is 28.1 Å². The number of benzene rings is 2. The fourth-order valence-electron chi connectivity index (χ4n) is 3.93. The van der Waals surface area contributed by atoms with Crippen LogP contribution in [-0.4, -0.2) is 44.9 Å². The van der Waals surface area contributed by atoms with Crippen LogP contribution in [0.2, 0.25) is 0 Å². The number of hydrogen-bond acceptors (Lipinski definition) is 8. The quantitative estimate of drug-likeness (QED) is 0.440. The highest BCUT2D eigenvalue weighted by Gasteiger charge is 2.28. The minimum atomic E-state index is -0.335. The van der Waals surface area contributed by atoms with Crippen LogP contribution in [0.1, 0.15) is 31.2 Å². The number of para-hydroxylation sites is 2. The number of piperidine rings is 1. The molecule has 0 bridgehead atoms. The number of likely N-dealkylation sites (tertiary alicyclic amines) is 1. The highest BCUT2D eigenvalue weighted by atomic mass is 16.5. The van der Waals surface area contributed by atoms with Gasteiger partial charge in [-0.25, -0.2) is 4.79 Å². The molecule has 0 saturated carbocycles. The number of esters is 1. The van der Waals surface area contributed by atoms with E-state index in [1.54, 1.807) is 4.90 Å². The van der Waals surface area contributed by atoms with Gasteiger partial charge in [0.2, 0.25) is 11.9 Å². The number of nitrogens with one attached hydrogen (secondary N) is 2. The fourth-order valence-corrected chi connectivity index (χ4v) is 3.93. The first kappa shape index (κ1) is 23.9. The molecular weight excluding hydrogens is 446 g/mol. The fraction of sp³-hybridized carbons (Fsp3) is 0.320. The minimum absolute atomic E-state index is 0.0419. The predicted octanol–water partition coefficient (Wildman–Crippen LogP) is 3.75. The van der Waals surface area contributed by atoms with E-state index in [-0.39, 0.29) is 36.3 Å². The zero-order valence-electron chi connectivity index (χ0n) is 19.6. The van der Waals surface area contributed by atoms with Gasteiger partial charge in [0.1, 0.15) is 0 Å². The van der Waals surface area contributed by atoms with Crippen LogP contribution in [-0.2, 0) is 22.6 Å². The molecule has 0 atom stereocenters. The van der Waals surface area contributed by atoms with Crippen molar-refractivity contribution in [1.29, 1.82) is 0 Å². The Morgan fingerprint density at radius 2 is 1.74 bits per heavy atom. The van der Waals surface area contributed by atoms with Crippen LogP contribution in [0.25, 0.3) is 0 Å². The minimum Gasteiger partial charge on any atom is -0.457 e. The van der Waals surface area contributed by atoms with Crippen molar-refractivity contribution >= 4 is 35.3 Å². The van der Waals surface area contributed by atoms with Crippen molar-refractivity contribution in [2.24, 2.45) is 5.92 Å². The van der Waals surface area contributed by atoms with E-state index in [4.69, 9.17) is 10.5 Å². The molecule has 2 aromatic carbocycles. The van der Waals surface area contributed by atoms with E-state index in [0.717, 1.165) is 23.4 Å². The van der Waals surface area contributed by atoms with Gasteiger partial charge in [0.05, 0.1) is 5.92 Å². The zero-order valence-corrected chi connectivity index (χ0v) is 19.6. The molecule has 10 nitrogen and oxygen atoms in total. The first-order chi connectivity index (χ1) is 17.0. The van der Waals surface area contributed by atoms with Gasteiger partial charge in [-0.1, -0.05) is 43.3 Å².